The Bertz CT molecular complexity index is 604. The largest absolute Gasteiger partial charge is 0.726 e. The van der Waals surface area contributed by atoms with Crippen LogP contribution in [-0.4, -0.2) is 30.6 Å². The molecule has 0 unspecified atom stereocenters. The van der Waals surface area contributed by atoms with Crippen molar-refractivity contribution in [2.45, 2.75) is 13.8 Å². The molecule has 6 heteroatoms. The Morgan fingerprint density at radius 3 is 1.36 bits per heavy atom. The van der Waals surface area contributed by atoms with Crippen LogP contribution in [0.15, 0.2) is 60.7 Å². The van der Waals surface area contributed by atoms with Crippen LogP contribution in [0.5, 0.6) is 0 Å². The topological polar surface area (TPSA) is 77.4 Å². The van der Waals surface area contributed by atoms with E-state index < -0.39 is 10.4 Å². The minimum atomic E-state index is -4.92. The van der Waals surface area contributed by atoms with E-state index in [1.54, 1.807) is 0 Å². The second-order valence-corrected chi connectivity index (χ2v) is 5.55. The second-order valence-electron chi connectivity index (χ2n) is 4.70. The van der Waals surface area contributed by atoms with Gasteiger partial charge in [0.25, 0.3) is 0 Å². The summed E-state index contributed by atoms with van der Waals surface area (Å²) >= 11 is 0. The molecular formula is C16H21NO4S. The van der Waals surface area contributed by atoms with Crippen molar-refractivity contribution in [3.8, 4) is 0 Å². The fourth-order valence-corrected chi connectivity index (χ4v) is 2.53. The molecular weight excluding hydrogens is 302 g/mol. The molecule has 2 rings (SSSR count). The van der Waals surface area contributed by atoms with Crippen molar-refractivity contribution in [2.24, 2.45) is 0 Å². The maximum Gasteiger partial charge on any atom is 0.215 e. The minimum absolute atomic E-state index is 0.918. The molecule has 1 N–H and O–H groups in total. The van der Waals surface area contributed by atoms with Gasteiger partial charge in [0.2, 0.25) is 10.4 Å². The number of rotatable bonds is 4. The molecule has 0 radical (unpaired) electrons. The molecule has 0 aliphatic carbocycles. The molecule has 0 aromatic heterocycles. The number of hydrogen-bond donors (Lipinski definition) is 1. The van der Waals surface area contributed by atoms with E-state index in [2.05, 4.69) is 74.5 Å². The monoisotopic (exact) mass is 323 g/mol. The summed E-state index contributed by atoms with van der Waals surface area (Å²) in [5.41, 5.74) is 2.73. The summed E-state index contributed by atoms with van der Waals surface area (Å²) in [6.45, 7) is 6.65. The van der Waals surface area contributed by atoms with Gasteiger partial charge in [-0.2, -0.15) is 0 Å². The highest BCUT2D eigenvalue weighted by Crippen LogP contribution is 2.33. The maximum atomic E-state index is 8.63. The average molecular weight is 323 g/mol. The molecule has 0 saturated heterocycles. The van der Waals surface area contributed by atoms with Gasteiger partial charge in [0, 0.05) is 0 Å². The molecule has 0 aliphatic heterocycles. The third kappa shape index (κ3) is 5.23. The molecule has 120 valence electrons. The van der Waals surface area contributed by atoms with Gasteiger partial charge < -0.3 is 4.55 Å². The van der Waals surface area contributed by atoms with E-state index in [0.29, 0.717) is 0 Å². The normalized spacial score (nSPS) is 11.5. The first kappa shape index (κ1) is 18.3. The standard InChI is InChI=1S/C16H20N.H2O4S/c1-3-17(4-2,15-11-7-5-8-12-15)16-13-9-6-10-14-16;1-5(2,3)4/h5-14H,3-4H2,1-2H3;(H2,1,2,3,4)/q+1;/p-1. The second kappa shape index (κ2) is 8.05. The average Bonchev–Trinajstić information content (AvgIpc) is 2.50. The van der Waals surface area contributed by atoms with Crippen LogP contribution in [0, 0.1) is 0 Å². The van der Waals surface area contributed by atoms with Gasteiger partial charge in [0.1, 0.15) is 11.4 Å². The van der Waals surface area contributed by atoms with E-state index in [9.17, 15) is 0 Å². The Morgan fingerprint density at radius 1 is 0.864 bits per heavy atom. The molecule has 0 amide bonds. The van der Waals surface area contributed by atoms with Gasteiger partial charge in [0.05, 0.1) is 13.1 Å². The zero-order valence-electron chi connectivity index (χ0n) is 12.7. The summed E-state index contributed by atoms with van der Waals surface area (Å²) in [5.74, 6) is 0. The summed E-state index contributed by atoms with van der Waals surface area (Å²) in [6.07, 6.45) is 0. The van der Waals surface area contributed by atoms with E-state index in [0.717, 1.165) is 17.6 Å². The third-order valence-corrected chi connectivity index (χ3v) is 3.58. The molecule has 0 saturated carbocycles. The van der Waals surface area contributed by atoms with Gasteiger partial charge in [0.15, 0.2) is 0 Å². The minimum Gasteiger partial charge on any atom is -0.726 e. The van der Waals surface area contributed by atoms with Crippen molar-refractivity contribution in [3.05, 3.63) is 60.7 Å². The molecule has 2 aromatic rings. The molecule has 0 spiro atoms. The lowest BCUT2D eigenvalue weighted by Gasteiger charge is -2.35. The Kier molecular flexibility index (Phi) is 6.70. The zero-order valence-corrected chi connectivity index (χ0v) is 13.5. The van der Waals surface area contributed by atoms with Gasteiger partial charge in [-0.15, -0.1) is 0 Å². The first-order valence-electron chi connectivity index (χ1n) is 7.00. The van der Waals surface area contributed by atoms with Crippen LogP contribution >= 0.6 is 0 Å². The van der Waals surface area contributed by atoms with Crippen molar-refractivity contribution in [1.82, 2.24) is 4.48 Å². The van der Waals surface area contributed by atoms with E-state index in [-0.39, 0.29) is 0 Å². The number of para-hydroxylation sites is 2. The van der Waals surface area contributed by atoms with Crippen LogP contribution in [0.4, 0.5) is 11.4 Å². The summed E-state index contributed by atoms with van der Waals surface area (Å²) in [5, 5.41) is 0. The molecule has 0 fully saturated rings. The van der Waals surface area contributed by atoms with Gasteiger partial charge in [-0.05, 0) is 38.1 Å². The maximum absolute atomic E-state index is 8.63. The lowest BCUT2D eigenvalue weighted by molar-refractivity contribution is 0.366. The van der Waals surface area contributed by atoms with E-state index in [1.165, 1.54) is 11.4 Å². The van der Waals surface area contributed by atoms with Gasteiger partial charge in [-0.1, -0.05) is 36.4 Å². The van der Waals surface area contributed by atoms with E-state index in [1.807, 2.05) is 0 Å². The van der Waals surface area contributed by atoms with Crippen molar-refractivity contribution < 1.29 is 17.5 Å². The summed E-state index contributed by atoms with van der Waals surface area (Å²) < 4.78 is 33.8. The Morgan fingerprint density at radius 2 is 1.14 bits per heavy atom. The van der Waals surface area contributed by atoms with Crippen molar-refractivity contribution >= 4 is 21.8 Å². The lowest BCUT2D eigenvalue weighted by atomic mass is 10.1. The predicted octanol–water partition coefficient (Wildman–Crippen LogP) is 3.37. The predicted molar refractivity (Wildman–Crippen MR) is 87.7 cm³/mol. The van der Waals surface area contributed by atoms with Gasteiger partial charge >= 0.3 is 0 Å². The molecule has 0 bridgehead atoms. The summed E-state index contributed by atoms with van der Waals surface area (Å²) in [7, 11) is -4.92. The van der Waals surface area contributed by atoms with Crippen molar-refractivity contribution in [3.63, 3.8) is 0 Å². The molecule has 22 heavy (non-hydrogen) atoms. The fraction of sp³-hybridized carbons (Fsp3) is 0.250. The third-order valence-electron chi connectivity index (χ3n) is 3.58. The number of hydrogen-bond acceptors (Lipinski definition) is 3. The fourth-order valence-electron chi connectivity index (χ4n) is 2.53. The summed E-state index contributed by atoms with van der Waals surface area (Å²) in [4.78, 5) is 0. The van der Waals surface area contributed by atoms with Gasteiger partial charge in [-0.25, -0.2) is 8.42 Å². The number of benzene rings is 2. The molecule has 0 aliphatic rings. The molecule has 0 atom stereocenters. The molecule has 5 nitrogen and oxygen atoms in total. The molecule has 0 heterocycles. The highest BCUT2D eigenvalue weighted by Gasteiger charge is 2.28. The highest BCUT2D eigenvalue weighted by molar-refractivity contribution is 7.79. The Labute approximate surface area is 132 Å². The van der Waals surface area contributed by atoms with Crippen molar-refractivity contribution in [1.29, 1.82) is 0 Å². The van der Waals surface area contributed by atoms with Crippen molar-refractivity contribution in [2.75, 3.05) is 13.1 Å². The first-order chi connectivity index (χ1) is 10.3. The van der Waals surface area contributed by atoms with E-state index in [4.69, 9.17) is 17.5 Å². The molecule has 2 aromatic carbocycles. The van der Waals surface area contributed by atoms with Gasteiger partial charge in [-0.3, -0.25) is 9.04 Å². The Balaban J connectivity index is 0.000000422. The SMILES string of the molecule is CC[N+](CC)(c1ccccc1)c1ccccc1.O=S(=O)([O-])O. The number of nitrogens with zero attached hydrogens (tertiary/aromatic N) is 1. The van der Waals surface area contributed by atoms with Crippen LogP contribution in [0.3, 0.4) is 0 Å². The number of quaternary nitrogens is 1. The Hall–Kier alpha value is -1.73. The van der Waals surface area contributed by atoms with Crippen LogP contribution in [0.25, 0.3) is 0 Å². The van der Waals surface area contributed by atoms with E-state index >= 15 is 0 Å². The van der Waals surface area contributed by atoms with Crippen LogP contribution < -0.4 is 4.48 Å². The van der Waals surface area contributed by atoms with Crippen LogP contribution in [0.1, 0.15) is 13.8 Å². The van der Waals surface area contributed by atoms with Crippen LogP contribution in [-0.2, 0) is 10.4 Å². The summed E-state index contributed by atoms with van der Waals surface area (Å²) in [6, 6.07) is 21.5. The first-order valence-corrected chi connectivity index (χ1v) is 8.36. The zero-order chi connectivity index (χ0) is 16.6. The lowest BCUT2D eigenvalue weighted by Crippen LogP contribution is -2.43. The quantitative estimate of drug-likeness (QED) is 0.531. The highest BCUT2D eigenvalue weighted by atomic mass is 32.3. The van der Waals surface area contributed by atoms with Crippen LogP contribution in [0.2, 0.25) is 0 Å². The smallest absolute Gasteiger partial charge is 0.215 e.